The Kier molecular flexibility index (Phi) is 2.11. The molecule has 3 aromatic rings. The Hall–Kier alpha value is -2.69. The van der Waals surface area contributed by atoms with Crippen molar-refractivity contribution in [3.05, 3.63) is 42.7 Å². The number of hydrogen-bond acceptors (Lipinski definition) is 5. The summed E-state index contributed by atoms with van der Waals surface area (Å²) in [5.74, 6) is 1.50. The summed E-state index contributed by atoms with van der Waals surface area (Å²) in [4.78, 5) is 4.28. The normalized spacial score (nSPS) is 12.8. The van der Waals surface area contributed by atoms with Gasteiger partial charge in [-0.3, -0.25) is 4.98 Å². The third-order valence-electron chi connectivity index (χ3n) is 3.08. The van der Waals surface area contributed by atoms with Crippen molar-refractivity contribution in [2.45, 2.75) is 0 Å². The molecule has 0 saturated carbocycles. The van der Waals surface area contributed by atoms with Gasteiger partial charge >= 0.3 is 0 Å². The average Bonchev–Trinajstić information content (AvgIpc) is 2.94. The number of ether oxygens (including phenoxy) is 2. The van der Waals surface area contributed by atoms with Crippen LogP contribution in [0.2, 0.25) is 0 Å². The van der Waals surface area contributed by atoms with Crippen LogP contribution in [0, 0.1) is 0 Å². The Balaban J connectivity index is 1.95. The molecule has 1 aliphatic rings. The molecule has 0 fully saturated rings. The lowest BCUT2D eigenvalue weighted by Crippen LogP contribution is -1.93. The van der Waals surface area contributed by atoms with Crippen molar-refractivity contribution in [3.8, 4) is 22.8 Å². The van der Waals surface area contributed by atoms with Gasteiger partial charge in [0, 0.05) is 17.1 Å². The van der Waals surface area contributed by atoms with Gasteiger partial charge in [0.2, 0.25) is 6.79 Å². The van der Waals surface area contributed by atoms with Gasteiger partial charge < -0.3 is 9.47 Å². The van der Waals surface area contributed by atoms with E-state index in [0.29, 0.717) is 0 Å². The summed E-state index contributed by atoms with van der Waals surface area (Å²) in [5, 5.41) is 9.18. The van der Waals surface area contributed by atoms with Crippen LogP contribution in [0.15, 0.2) is 42.7 Å². The highest BCUT2D eigenvalue weighted by Gasteiger charge is 2.15. The van der Waals surface area contributed by atoms with Crippen molar-refractivity contribution in [2.75, 3.05) is 6.79 Å². The second kappa shape index (κ2) is 3.91. The SMILES string of the molecule is c1cnc2cnnc(-c3ccc4c(c3)OCO4)c2c1. The molecule has 5 nitrogen and oxygen atoms in total. The van der Waals surface area contributed by atoms with Crippen LogP contribution in [-0.2, 0) is 0 Å². The molecule has 2 aromatic heterocycles. The largest absolute Gasteiger partial charge is 0.454 e. The topological polar surface area (TPSA) is 57.1 Å². The van der Waals surface area contributed by atoms with Gasteiger partial charge in [-0.2, -0.15) is 5.10 Å². The summed E-state index contributed by atoms with van der Waals surface area (Å²) in [7, 11) is 0. The van der Waals surface area contributed by atoms with Crippen LogP contribution < -0.4 is 9.47 Å². The summed E-state index contributed by atoms with van der Waals surface area (Å²) >= 11 is 0. The smallest absolute Gasteiger partial charge is 0.231 e. The molecule has 19 heavy (non-hydrogen) atoms. The van der Waals surface area contributed by atoms with Crippen LogP contribution in [0.4, 0.5) is 0 Å². The molecule has 0 atom stereocenters. The Bertz CT molecular complexity index is 768. The van der Waals surface area contributed by atoms with Crippen LogP contribution in [-0.4, -0.2) is 22.0 Å². The zero-order valence-corrected chi connectivity index (χ0v) is 9.91. The highest BCUT2D eigenvalue weighted by Crippen LogP contribution is 2.36. The number of nitrogens with zero attached hydrogens (tertiary/aromatic N) is 3. The van der Waals surface area contributed by atoms with E-state index in [2.05, 4.69) is 15.2 Å². The van der Waals surface area contributed by atoms with Gasteiger partial charge in [-0.1, -0.05) is 0 Å². The summed E-state index contributed by atoms with van der Waals surface area (Å²) in [6, 6.07) is 9.62. The summed E-state index contributed by atoms with van der Waals surface area (Å²) in [5.41, 5.74) is 2.56. The molecule has 3 heterocycles. The van der Waals surface area contributed by atoms with Gasteiger partial charge in [-0.05, 0) is 30.3 Å². The Morgan fingerprint density at radius 3 is 3.00 bits per heavy atom. The standard InChI is InChI=1S/C14H9N3O2/c1-2-10-11(15-5-1)7-16-17-14(10)9-3-4-12-13(6-9)19-8-18-12/h1-7H,8H2. The number of rotatable bonds is 1. The minimum Gasteiger partial charge on any atom is -0.454 e. The molecule has 0 saturated heterocycles. The number of pyridine rings is 1. The maximum Gasteiger partial charge on any atom is 0.231 e. The zero-order valence-electron chi connectivity index (χ0n) is 9.91. The predicted molar refractivity (Wildman–Crippen MR) is 68.9 cm³/mol. The van der Waals surface area contributed by atoms with Gasteiger partial charge in [0.15, 0.2) is 11.5 Å². The third kappa shape index (κ3) is 1.59. The zero-order chi connectivity index (χ0) is 12.7. The van der Waals surface area contributed by atoms with E-state index in [1.54, 1.807) is 12.4 Å². The molecule has 0 bridgehead atoms. The van der Waals surface area contributed by atoms with Crippen molar-refractivity contribution in [2.24, 2.45) is 0 Å². The fourth-order valence-corrected chi connectivity index (χ4v) is 2.17. The first-order valence-electron chi connectivity index (χ1n) is 5.88. The van der Waals surface area contributed by atoms with Crippen molar-refractivity contribution < 1.29 is 9.47 Å². The number of fused-ring (bicyclic) bond motifs is 2. The Labute approximate surface area is 108 Å². The van der Waals surface area contributed by atoms with Crippen LogP contribution in [0.25, 0.3) is 22.2 Å². The maximum atomic E-state index is 5.39. The van der Waals surface area contributed by atoms with E-state index in [1.165, 1.54) is 0 Å². The molecular formula is C14H9N3O2. The van der Waals surface area contributed by atoms with Crippen molar-refractivity contribution in [3.63, 3.8) is 0 Å². The Morgan fingerprint density at radius 2 is 2.00 bits per heavy atom. The fraction of sp³-hybridized carbons (Fsp3) is 0.0714. The van der Waals surface area contributed by atoms with Crippen LogP contribution in [0.1, 0.15) is 0 Å². The van der Waals surface area contributed by atoms with E-state index in [-0.39, 0.29) is 6.79 Å². The van der Waals surface area contributed by atoms with E-state index < -0.39 is 0 Å². The lowest BCUT2D eigenvalue weighted by Gasteiger charge is -2.05. The highest BCUT2D eigenvalue weighted by molar-refractivity contribution is 5.91. The predicted octanol–water partition coefficient (Wildman–Crippen LogP) is 2.42. The number of aromatic nitrogens is 3. The quantitative estimate of drug-likeness (QED) is 0.664. The number of hydrogen-bond donors (Lipinski definition) is 0. The summed E-state index contributed by atoms with van der Waals surface area (Å²) in [6.45, 7) is 0.265. The van der Waals surface area contributed by atoms with Gasteiger partial charge in [0.25, 0.3) is 0 Å². The third-order valence-corrected chi connectivity index (χ3v) is 3.08. The molecule has 0 aliphatic carbocycles. The first-order valence-corrected chi connectivity index (χ1v) is 5.88. The van der Waals surface area contributed by atoms with E-state index in [9.17, 15) is 0 Å². The molecule has 1 aliphatic heterocycles. The first kappa shape index (κ1) is 10.3. The lowest BCUT2D eigenvalue weighted by molar-refractivity contribution is 0.174. The van der Waals surface area contributed by atoms with Gasteiger partial charge in [0.1, 0.15) is 5.69 Å². The van der Waals surface area contributed by atoms with Crippen molar-refractivity contribution in [1.82, 2.24) is 15.2 Å². The van der Waals surface area contributed by atoms with E-state index in [4.69, 9.17) is 9.47 Å². The average molecular weight is 251 g/mol. The fourth-order valence-electron chi connectivity index (χ4n) is 2.17. The van der Waals surface area contributed by atoms with Crippen molar-refractivity contribution >= 4 is 10.9 Å². The molecule has 1 aromatic carbocycles. The highest BCUT2D eigenvalue weighted by atomic mass is 16.7. The molecule has 0 radical (unpaired) electrons. The monoisotopic (exact) mass is 251 g/mol. The van der Waals surface area contributed by atoms with E-state index in [0.717, 1.165) is 33.7 Å². The lowest BCUT2D eigenvalue weighted by atomic mass is 10.1. The van der Waals surface area contributed by atoms with E-state index in [1.807, 2.05) is 30.3 Å². The molecule has 4 rings (SSSR count). The maximum absolute atomic E-state index is 5.39. The Morgan fingerprint density at radius 1 is 1.05 bits per heavy atom. The van der Waals surface area contributed by atoms with Crippen LogP contribution >= 0.6 is 0 Å². The first-order chi connectivity index (χ1) is 9.42. The molecule has 0 N–H and O–H groups in total. The summed E-state index contributed by atoms with van der Waals surface area (Å²) < 4.78 is 10.7. The van der Waals surface area contributed by atoms with Gasteiger partial charge in [-0.15, -0.1) is 5.10 Å². The van der Waals surface area contributed by atoms with Crippen LogP contribution in [0.3, 0.4) is 0 Å². The molecular weight excluding hydrogens is 242 g/mol. The second-order valence-corrected chi connectivity index (χ2v) is 4.20. The molecule has 0 unspecified atom stereocenters. The molecule has 0 amide bonds. The molecule has 0 spiro atoms. The van der Waals surface area contributed by atoms with E-state index >= 15 is 0 Å². The minimum atomic E-state index is 0.265. The number of benzene rings is 1. The molecule has 5 heteroatoms. The minimum absolute atomic E-state index is 0.265. The second-order valence-electron chi connectivity index (χ2n) is 4.20. The molecule has 92 valence electrons. The van der Waals surface area contributed by atoms with Crippen molar-refractivity contribution in [1.29, 1.82) is 0 Å². The van der Waals surface area contributed by atoms with Gasteiger partial charge in [-0.25, -0.2) is 0 Å². The van der Waals surface area contributed by atoms with Crippen LogP contribution in [0.5, 0.6) is 11.5 Å². The van der Waals surface area contributed by atoms with Gasteiger partial charge in [0.05, 0.1) is 11.7 Å². The summed E-state index contributed by atoms with van der Waals surface area (Å²) in [6.07, 6.45) is 3.40.